The van der Waals surface area contributed by atoms with E-state index in [0.29, 0.717) is 29.9 Å². The highest BCUT2D eigenvalue weighted by Gasteiger charge is 2.31. The molecule has 11 heteroatoms. The Balaban J connectivity index is 1.36. The van der Waals surface area contributed by atoms with Gasteiger partial charge in [-0.15, -0.1) is 0 Å². The van der Waals surface area contributed by atoms with E-state index in [1.807, 2.05) is 4.90 Å². The van der Waals surface area contributed by atoms with Crippen molar-refractivity contribution in [3.8, 4) is 0 Å². The minimum Gasteiger partial charge on any atom is -0.349 e. The molecule has 1 amide bonds. The van der Waals surface area contributed by atoms with Crippen LogP contribution in [0.4, 0.5) is 32.6 Å². The Morgan fingerprint density at radius 1 is 1.06 bits per heavy atom. The summed E-state index contributed by atoms with van der Waals surface area (Å²) in [4.78, 5) is 23.5. The standard InChI is InChI=1S/C25H20F5N5O/c26-17-7-8-19(27)18(12-17)21-2-1-11-34(21)22-10-9-20-23(33-22)35(14-32-20)24(36)31-13-15-3-5-16(6-4-15)25(28,29)30/h3-10,12,14,21H,1-2,11,13H2,(H,31,36)/t21-/m1/s1. The van der Waals surface area contributed by atoms with Crippen LogP contribution >= 0.6 is 0 Å². The number of alkyl halides is 3. The number of hydrogen-bond donors (Lipinski definition) is 1. The Morgan fingerprint density at radius 2 is 1.83 bits per heavy atom. The van der Waals surface area contributed by atoms with Crippen molar-refractivity contribution in [2.45, 2.75) is 31.6 Å². The summed E-state index contributed by atoms with van der Waals surface area (Å²) in [5, 5.41) is 2.65. The number of amides is 1. The number of imidazole rings is 1. The highest BCUT2D eigenvalue weighted by molar-refractivity contribution is 5.87. The first-order valence-electron chi connectivity index (χ1n) is 11.2. The lowest BCUT2D eigenvalue weighted by Gasteiger charge is -2.26. The second-order valence-corrected chi connectivity index (χ2v) is 8.50. The number of benzene rings is 2. The molecule has 2 aromatic heterocycles. The molecule has 1 N–H and O–H groups in total. The lowest BCUT2D eigenvalue weighted by Crippen LogP contribution is -2.28. The topological polar surface area (TPSA) is 63.1 Å². The van der Waals surface area contributed by atoms with E-state index in [-0.39, 0.29) is 17.8 Å². The molecule has 1 fully saturated rings. The first kappa shape index (κ1) is 23.7. The number of fused-ring (bicyclic) bond motifs is 1. The summed E-state index contributed by atoms with van der Waals surface area (Å²) in [7, 11) is 0. The maximum Gasteiger partial charge on any atom is 0.416 e. The fourth-order valence-corrected chi connectivity index (χ4v) is 4.40. The van der Waals surface area contributed by atoms with Crippen LogP contribution in [-0.4, -0.2) is 27.1 Å². The summed E-state index contributed by atoms with van der Waals surface area (Å²) >= 11 is 0. The van der Waals surface area contributed by atoms with Gasteiger partial charge in [0, 0.05) is 18.7 Å². The van der Waals surface area contributed by atoms with Crippen LogP contribution in [0.15, 0.2) is 60.9 Å². The number of pyridine rings is 1. The summed E-state index contributed by atoms with van der Waals surface area (Å²) in [6.45, 7) is 0.580. The lowest BCUT2D eigenvalue weighted by molar-refractivity contribution is -0.137. The van der Waals surface area contributed by atoms with Gasteiger partial charge in [-0.1, -0.05) is 12.1 Å². The highest BCUT2D eigenvalue weighted by Crippen LogP contribution is 2.37. The van der Waals surface area contributed by atoms with E-state index in [1.165, 1.54) is 29.1 Å². The minimum absolute atomic E-state index is 0.00335. The fraction of sp³-hybridized carbons (Fsp3) is 0.240. The van der Waals surface area contributed by atoms with E-state index in [2.05, 4.69) is 15.3 Å². The molecule has 0 aliphatic carbocycles. The first-order chi connectivity index (χ1) is 17.2. The summed E-state index contributed by atoms with van der Waals surface area (Å²) in [5.41, 5.74) is 0.691. The van der Waals surface area contributed by atoms with Gasteiger partial charge in [0.05, 0.1) is 11.6 Å². The summed E-state index contributed by atoms with van der Waals surface area (Å²) < 4.78 is 67.7. The van der Waals surface area contributed by atoms with E-state index in [1.54, 1.807) is 12.1 Å². The van der Waals surface area contributed by atoms with Crippen molar-refractivity contribution in [3.05, 3.63) is 89.2 Å². The number of carbonyl (C=O) groups is 1. The maximum absolute atomic E-state index is 14.5. The zero-order valence-electron chi connectivity index (χ0n) is 18.8. The molecule has 6 nitrogen and oxygen atoms in total. The third-order valence-electron chi connectivity index (χ3n) is 6.19. The predicted octanol–water partition coefficient (Wildman–Crippen LogP) is 5.83. The van der Waals surface area contributed by atoms with Crippen molar-refractivity contribution in [3.63, 3.8) is 0 Å². The third-order valence-corrected chi connectivity index (χ3v) is 6.19. The molecule has 1 atom stereocenters. The van der Waals surface area contributed by atoms with Crippen LogP contribution < -0.4 is 10.2 Å². The predicted molar refractivity (Wildman–Crippen MR) is 122 cm³/mol. The molecule has 0 spiro atoms. The number of anilines is 1. The summed E-state index contributed by atoms with van der Waals surface area (Å²) in [6, 6.07) is 10.3. The Labute approximate surface area is 202 Å². The molecule has 5 rings (SSSR count). The quantitative estimate of drug-likeness (QED) is 0.358. The van der Waals surface area contributed by atoms with Gasteiger partial charge in [0.2, 0.25) is 0 Å². The van der Waals surface area contributed by atoms with E-state index in [4.69, 9.17) is 0 Å². The van der Waals surface area contributed by atoms with Gasteiger partial charge < -0.3 is 10.2 Å². The molecule has 0 unspecified atom stereocenters. The third kappa shape index (κ3) is 4.60. The summed E-state index contributed by atoms with van der Waals surface area (Å²) in [6.07, 6.45) is -1.76. The van der Waals surface area contributed by atoms with Crippen molar-refractivity contribution in [1.29, 1.82) is 0 Å². The van der Waals surface area contributed by atoms with Crippen molar-refractivity contribution in [2.75, 3.05) is 11.4 Å². The molecule has 0 radical (unpaired) electrons. The average molecular weight is 501 g/mol. The Morgan fingerprint density at radius 3 is 2.58 bits per heavy atom. The van der Waals surface area contributed by atoms with E-state index in [0.717, 1.165) is 30.7 Å². The molecule has 3 heterocycles. The van der Waals surface area contributed by atoms with E-state index >= 15 is 0 Å². The second-order valence-electron chi connectivity index (χ2n) is 8.50. The largest absolute Gasteiger partial charge is 0.416 e. The van der Waals surface area contributed by atoms with Crippen molar-refractivity contribution < 1.29 is 26.7 Å². The van der Waals surface area contributed by atoms with Crippen LogP contribution in [0, 0.1) is 11.6 Å². The number of rotatable bonds is 4. The average Bonchev–Trinajstić information content (AvgIpc) is 3.51. The van der Waals surface area contributed by atoms with Gasteiger partial charge in [0.15, 0.2) is 5.65 Å². The Bertz CT molecular complexity index is 1420. The van der Waals surface area contributed by atoms with Gasteiger partial charge in [0.25, 0.3) is 0 Å². The molecule has 1 aliphatic heterocycles. The van der Waals surface area contributed by atoms with Gasteiger partial charge in [-0.2, -0.15) is 13.2 Å². The number of nitrogens with zero attached hydrogens (tertiary/aromatic N) is 4. The van der Waals surface area contributed by atoms with Crippen LogP contribution in [0.5, 0.6) is 0 Å². The molecule has 1 saturated heterocycles. The molecule has 0 bridgehead atoms. The van der Waals surface area contributed by atoms with Crippen molar-refractivity contribution >= 4 is 23.0 Å². The van der Waals surface area contributed by atoms with Crippen LogP contribution in [-0.2, 0) is 12.7 Å². The monoisotopic (exact) mass is 501 g/mol. The van der Waals surface area contributed by atoms with E-state index in [9.17, 15) is 26.7 Å². The number of hydrogen-bond acceptors (Lipinski definition) is 4. The molecule has 0 saturated carbocycles. The molecule has 36 heavy (non-hydrogen) atoms. The fourth-order valence-electron chi connectivity index (χ4n) is 4.40. The van der Waals surface area contributed by atoms with Crippen LogP contribution in [0.2, 0.25) is 0 Å². The van der Waals surface area contributed by atoms with Crippen molar-refractivity contribution in [1.82, 2.24) is 19.9 Å². The SMILES string of the molecule is O=C(NCc1ccc(C(F)(F)F)cc1)n1cnc2ccc(N3CCC[C@@H]3c3cc(F)ccc3F)nc21. The van der Waals surface area contributed by atoms with Gasteiger partial charge in [-0.3, -0.25) is 0 Å². The van der Waals surface area contributed by atoms with Crippen LogP contribution in [0.25, 0.3) is 11.2 Å². The second kappa shape index (κ2) is 9.21. The Hall–Kier alpha value is -4.02. The summed E-state index contributed by atoms with van der Waals surface area (Å²) in [5.74, 6) is -0.530. The Kier molecular flexibility index (Phi) is 6.07. The first-order valence-corrected chi connectivity index (χ1v) is 11.2. The van der Waals surface area contributed by atoms with Crippen LogP contribution in [0.1, 0.15) is 35.6 Å². The highest BCUT2D eigenvalue weighted by atomic mass is 19.4. The van der Waals surface area contributed by atoms with Gasteiger partial charge in [0.1, 0.15) is 29.3 Å². The zero-order chi connectivity index (χ0) is 25.4. The molecule has 2 aromatic carbocycles. The maximum atomic E-state index is 14.5. The number of halogens is 5. The molecule has 4 aromatic rings. The minimum atomic E-state index is -4.43. The van der Waals surface area contributed by atoms with Gasteiger partial charge in [-0.25, -0.2) is 28.1 Å². The number of aromatic nitrogens is 3. The van der Waals surface area contributed by atoms with Crippen LogP contribution in [0.3, 0.4) is 0 Å². The molecular formula is C25H20F5N5O. The molecule has 186 valence electrons. The normalized spacial score (nSPS) is 16.0. The molecule has 1 aliphatic rings. The zero-order valence-corrected chi connectivity index (χ0v) is 18.8. The number of carbonyl (C=O) groups excluding carboxylic acids is 1. The lowest BCUT2D eigenvalue weighted by atomic mass is 10.0. The molecular weight excluding hydrogens is 481 g/mol. The number of nitrogens with one attached hydrogen (secondary N) is 1. The van der Waals surface area contributed by atoms with Gasteiger partial charge in [-0.05, 0) is 60.9 Å². The smallest absolute Gasteiger partial charge is 0.349 e. The van der Waals surface area contributed by atoms with E-state index < -0.39 is 35.4 Å². The van der Waals surface area contributed by atoms with Gasteiger partial charge >= 0.3 is 12.2 Å². The van der Waals surface area contributed by atoms with Crippen molar-refractivity contribution in [2.24, 2.45) is 0 Å².